The highest BCUT2D eigenvalue weighted by Gasteiger charge is 2.53. The lowest BCUT2D eigenvalue weighted by Gasteiger charge is -2.43. The zero-order valence-corrected chi connectivity index (χ0v) is 32.4. The molecule has 6 nitrogen and oxygen atoms in total. The number of halogens is 1. The quantitative estimate of drug-likeness (QED) is 0.152. The molecule has 0 heterocycles. The Hall–Kier alpha value is -2.32. The molecule has 3 rings (SSSR count). The molecule has 0 aromatic heterocycles. The third-order valence-electron chi connectivity index (χ3n) is 8.91. The number of ether oxygens (including phenoxy) is 2. The van der Waals surface area contributed by atoms with E-state index in [2.05, 4.69) is 119 Å². The summed E-state index contributed by atoms with van der Waals surface area (Å²) in [5.41, 5.74) is 0.611. The topological polar surface area (TPSA) is 74.2 Å². The van der Waals surface area contributed by atoms with Crippen LogP contribution in [0.2, 0.25) is 23.2 Å². The summed E-state index contributed by atoms with van der Waals surface area (Å²) in [5.74, 6) is 11.5. The number of methoxy groups -OCH3 is 2. The average Bonchev–Trinajstić information content (AvgIpc) is 3.19. The average molecular weight is 726 g/mol. The van der Waals surface area contributed by atoms with Gasteiger partial charge in [-0.15, -0.1) is 0 Å². The largest absolute Gasteiger partial charge is 0.404 e. The van der Waals surface area contributed by atoms with E-state index >= 15 is 0 Å². The van der Waals surface area contributed by atoms with E-state index in [1.807, 2.05) is 36.4 Å². The molecule has 0 spiro atoms. The molecule has 0 amide bonds. The Bertz CT molecular complexity index is 1430. The lowest BCUT2D eigenvalue weighted by molar-refractivity contribution is -0.125. The van der Waals surface area contributed by atoms with Crippen molar-refractivity contribution in [1.29, 1.82) is 0 Å². The fourth-order valence-corrected chi connectivity index (χ4v) is 11.8. The number of ketones is 1. The summed E-state index contributed by atoms with van der Waals surface area (Å²) in [4.78, 5) is 12.6. The van der Waals surface area contributed by atoms with E-state index in [1.54, 1.807) is 6.08 Å². The van der Waals surface area contributed by atoms with Crippen LogP contribution in [0.4, 0.5) is 0 Å². The predicted octanol–water partition coefficient (Wildman–Crippen LogP) is 5.83. The molecule has 1 unspecified atom stereocenters. The maximum Gasteiger partial charge on any atom is 0.261 e. The molecule has 1 aliphatic rings. The van der Waals surface area contributed by atoms with Gasteiger partial charge < -0.3 is 23.4 Å². The van der Waals surface area contributed by atoms with E-state index < -0.39 is 45.9 Å². The van der Waals surface area contributed by atoms with Crippen LogP contribution in [0.5, 0.6) is 0 Å². The predicted molar refractivity (Wildman–Crippen MR) is 194 cm³/mol. The molecule has 46 heavy (non-hydrogen) atoms. The van der Waals surface area contributed by atoms with Gasteiger partial charge in [0.05, 0.1) is 17.4 Å². The van der Waals surface area contributed by atoms with Crippen LogP contribution in [0.1, 0.15) is 41.5 Å². The van der Waals surface area contributed by atoms with Crippen LogP contribution in [0.15, 0.2) is 72.3 Å². The van der Waals surface area contributed by atoms with Crippen molar-refractivity contribution in [2.45, 2.75) is 88.0 Å². The van der Waals surface area contributed by atoms with Gasteiger partial charge in [-0.25, -0.2) is 0 Å². The lowest BCUT2D eigenvalue weighted by atomic mass is 10.1. The van der Waals surface area contributed by atoms with Crippen LogP contribution in [0.25, 0.3) is 0 Å². The van der Waals surface area contributed by atoms with Crippen LogP contribution in [0.3, 0.4) is 0 Å². The molecule has 4 atom stereocenters. The summed E-state index contributed by atoms with van der Waals surface area (Å²) in [5, 5.41) is 13.3. The van der Waals surface area contributed by atoms with Gasteiger partial charge >= 0.3 is 0 Å². The summed E-state index contributed by atoms with van der Waals surface area (Å²) < 4.78 is 24.0. The Labute approximate surface area is 286 Å². The molecule has 0 aliphatic heterocycles. The number of allylic oxidation sites excluding steroid dienone is 1. The Morgan fingerprint density at radius 1 is 0.935 bits per heavy atom. The van der Waals surface area contributed by atoms with E-state index in [0.29, 0.717) is 5.57 Å². The van der Waals surface area contributed by atoms with Gasteiger partial charge in [0.15, 0.2) is 14.1 Å². The first kappa shape index (κ1) is 38.1. The Morgan fingerprint density at radius 3 is 1.91 bits per heavy atom. The second-order valence-corrected chi connectivity index (χ2v) is 24.2. The summed E-state index contributed by atoms with van der Waals surface area (Å²) in [7, 11) is -2.16. The van der Waals surface area contributed by atoms with Crippen LogP contribution in [-0.4, -0.2) is 71.7 Å². The zero-order valence-electron chi connectivity index (χ0n) is 28.8. The Morgan fingerprint density at radius 2 is 1.46 bits per heavy atom. The standard InChI is InChI=1S/C37H49BrO6Si2/c1-36(2,3)45(9,10)44-35-33(39)30(32(38)34(35)40)25-24-27(18-17-23-31(41-7)42-8)26-43-46(37(4,5)6,28-19-13-11-14-20-28)29-21-15-12-16-22-29/h11-16,18-22,30-33,35,39H,26H2,1-10H3/b27-18+/t30-,32?,33-,35+/m1/s1. The maximum atomic E-state index is 13.3. The van der Waals surface area contributed by atoms with Crippen LogP contribution >= 0.6 is 15.9 Å². The third kappa shape index (κ3) is 8.58. The Balaban J connectivity index is 2.06. The van der Waals surface area contributed by atoms with Crippen molar-refractivity contribution >= 4 is 48.7 Å². The van der Waals surface area contributed by atoms with Gasteiger partial charge in [-0.1, -0.05) is 136 Å². The molecule has 0 bridgehead atoms. The zero-order chi connectivity index (χ0) is 34.3. The second kappa shape index (κ2) is 15.7. The van der Waals surface area contributed by atoms with Crippen molar-refractivity contribution < 1.29 is 28.2 Å². The van der Waals surface area contributed by atoms with E-state index in [1.165, 1.54) is 14.2 Å². The van der Waals surface area contributed by atoms with Crippen molar-refractivity contribution in [2.75, 3.05) is 20.8 Å². The van der Waals surface area contributed by atoms with E-state index in [9.17, 15) is 9.90 Å². The van der Waals surface area contributed by atoms with E-state index in [-0.39, 0.29) is 22.5 Å². The van der Waals surface area contributed by atoms with Crippen molar-refractivity contribution in [3.8, 4) is 23.7 Å². The number of Topliss-reactive ketones (excluding diaryl/α,β-unsaturated/α-hetero) is 1. The SMILES string of the molecule is COC(C#C/C=C(\C#C[C@@H]1C(Br)C(=O)[C@@H](O[Si](C)(C)C(C)(C)C)[C@@H]1O)CO[Si](c1ccccc1)(c1ccccc1)C(C)(C)C)OC. The number of rotatable bonds is 9. The van der Waals surface area contributed by atoms with Crippen LogP contribution in [-0.2, 0) is 23.1 Å². The number of hydrogen-bond acceptors (Lipinski definition) is 6. The van der Waals surface area contributed by atoms with Gasteiger partial charge in [-0.05, 0) is 39.5 Å². The fraction of sp³-hybridized carbons (Fsp3) is 0.486. The molecular formula is C37H49BrO6Si2. The number of carbonyl (C=O) groups is 1. The number of aliphatic hydroxyl groups is 1. The number of aliphatic hydroxyl groups excluding tert-OH is 1. The molecule has 0 saturated heterocycles. The minimum Gasteiger partial charge on any atom is -0.404 e. The molecule has 9 heteroatoms. The molecule has 1 fully saturated rings. The normalized spacial score (nSPS) is 21.1. The smallest absolute Gasteiger partial charge is 0.261 e. The first-order chi connectivity index (χ1) is 21.5. The van der Waals surface area contributed by atoms with Crippen molar-refractivity contribution in [1.82, 2.24) is 0 Å². The molecule has 1 saturated carbocycles. The van der Waals surface area contributed by atoms with E-state index in [4.69, 9.17) is 18.3 Å². The molecule has 2 aromatic rings. The molecule has 248 valence electrons. The number of benzene rings is 2. The summed E-state index contributed by atoms with van der Waals surface area (Å²) in [6.45, 7) is 17.3. The number of carbonyl (C=O) groups excluding carboxylic acids is 1. The summed E-state index contributed by atoms with van der Waals surface area (Å²) in [6.07, 6.45) is -1.01. The highest BCUT2D eigenvalue weighted by molar-refractivity contribution is 9.10. The minimum atomic E-state index is -2.88. The van der Waals surface area contributed by atoms with Crippen LogP contribution in [0, 0.1) is 29.6 Å². The van der Waals surface area contributed by atoms with E-state index in [0.717, 1.165) is 10.4 Å². The monoisotopic (exact) mass is 724 g/mol. The molecule has 1 aliphatic carbocycles. The van der Waals surface area contributed by atoms with Crippen LogP contribution < -0.4 is 10.4 Å². The van der Waals surface area contributed by atoms with Crippen molar-refractivity contribution in [2.24, 2.45) is 5.92 Å². The highest BCUT2D eigenvalue weighted by Crippen LogP contribution is 2.41. The van der Waals surface area contributed by atoms with Gasteiger partial charge in [-0.3, -0.25) is 4.79 Å². The maximum absolute atomic E-state index is 13.3. The Kier molecular flexibility index (Phi) is 13.0. The van der Waals surface area contributed by atoms with Crippen molar-refractivity contribution in [3.63, 3.8) is 0 Å². The van der Waals surface area contributed by atoms with Gasteiger partial charge in [0.25, 0.3) is 8.32 Å². The molecule has 2 aromatic carbocycles. The van der Waals surface area contributed by atoms with Crippen molar-refractivity contribution in [3.05, 3.63) is 72.3 Å². The summed E-state index contributed by atoms with van der Waals surface area (Å²) in [6, 6.07) is 20.8. The first-order valence-electron chi connectivity index (χ1n) is 15.6. The number of hydrogen-bond donors (Lipinski definition) is 1. The minimum absolute atomic E-state index is 0.117. The van der Waals surface area contributed by atoms with Gasteiger partial charge in [-0.2, -0.15) is 0 Å². The highest BCUT2D eigenvalue weighted by atomic mass is 79.9. The third-order valence-corrected chi connectivity index (χ3v) is 19.4. The number of alkyl halides is 1. The second-order valence-electron chi connectivity index (χ2n) is 14.1. The summed E-state index contributed by atoms with van der Waals surface area (Å²) >= 11 is 3.53. The van der Waals surface area contributed by atoms with Gasteiger partial charge in [0, 0.05) is 25.9 Å². The molecular weight excluding hydrogens is 676 g/mol. The van der Waals surface area contributed by atoms with Gasteiger partial charge in [0.1, 0.15) is 12.2 Å². The lowest BCUT2D eigenvalue weighted by Crippen LogP contribution is -2.66. The molecule has 0 radical (unpaired) electrons. The van der Waals surface area contributed by atoms with Gasteiger partial charge in [0.2, 0.25) is 6.29 Å². The molecule has 1 N–H and O–H groups in total. The fourth-order valence-electron chi connectivity index (χ4n) is 5.29. The first-order valence-corrected chi connectivity index (χ1v) is 21.3.